The topological polar surface area (TPSA) is 86.1 Å². The highest BCUT2D eigenvalue weighted by Crippen LogP contribution is 2.19. The SMILES string of the molecule is COc1cc(NS(=O)(=O)c2cnn(-c3ccccc3)c2)ccn1. The van der Waals surface area contributed by atoms with Gasteiger partial charge in [-0.05, 0) is 18.2 Å². The zero-order chi connectivity index (χ0) is 16.3. The summed E-state index contributed by atoms with van der Waals surface area (Å²) < 4.78 is 33.8. The standard InChI is InChI=1S/C15H14N4O3S/c1-22-15-9-12(7-8-16-15)18-23(20,21)14-10-17-19(11-14)13-5-3-2-4-6-13/h2-11H,1H3,(H,16,18). The van der Waals surface area contributed by atoms with Crippen molar-refractivity contribution in [3.05, 3.63) is 61.1 Å². The minimum atomic E-state index is -3.74. The van der Waals surface area contributed by atoms with Gasteiger partial charge in [-0.3, -0.25) is 4.72 Å². The quantitative estimate of drug-likeness (QED) is 0.774. The van der Waals surface area contributed by atoms with Gasteiger partial charge in [0.25, 0.3) is 10.0 Å². The molecule has 0 saturated carbocycles. The maximum absolute atomic E-state index is 12.4. The van der Waals surface area contributed by atoms with Crippen LogP contribution in [0.25, 0.3) is 5.69 Å². The maximum atomic E-state index is 12.4. The second-order valence-corrected chi connectivity index (χ2v) is 6.33. The molecular weight excluding hydrogens is 316 g/mol. The van der Waals surface area contributed by atoms with Crippen molar-refractivity contribution in [3.8, 4) is 11.6 Å². The van der Waals surface area contributed by atoms with E-state index in [9.17, 15) is 8.42 Å². The molecule has 3 aromatic rings. The van der Waals surface area contributed by atoms with Crippen LogP contribution < -0.4 is 9.46 Å². The lowest BCUT2D eigenvalue weighted by atomic mass is 10.3. The number of ether oxygens (including phenoxy) is 1. The molecule has 23 heavy (non-hydrogen) atoms. The first kappa shape index (κ1) is 15.0. The predicted molar refractivity (Wildman–Crippen MR) is 85.2 cm³/mol. The molecule has 0 saturated heterocycles. The Bertz CT molecular complexity index is 907. The third-order valence-electron chi connectivity index (χ3n) is 3.09. The smallest absolute Gasteiger partial charge is 0.265 e. The first-order valence-corrected chi connectivity index (χ1v) is 8.20. The Hall–Kier alpha value is -2.87. The summed E-state index contributed by atoms with van der Waals surface area (Å²) in [6.07, 6.45) is 4.22. The monoisotopic (exact) mass is 330 g/mol. The van der Waals surface area contributed by atoms with E-state index < -0.39 is 10.0 Å². The van der Waals surface area contributed by atoms with Crippen LogP contribution in [0.2, 0.25) is 0 Å². The molecule has 0 aliphatic rings. The fourth-order valence-corrected chi connectivity index (χ4v) is 2.95. The molecular formula is C15H14N4O3S. The van der Waals surface area contributed by atoms with E-state index in [4.69, 9.17) is 4.74 Å². The van der Waals surface area contributed by atoms with Crippen molar-refractivity contribution in [1.82, 2.24) is 14.8 Å². The average molecular weight is 330 g/mol. The van der Waals surface area contributed by atoms with E-state index in [0.29, 0.717) is 11.6 Å². The van der Waals surface area contributed by atoms with Crippen LogP contribution in [0.4, 0.5) is 5.69 Å². The van der Waals surface area contributed by atoms with Gasteiger partial charge in [0.2, 0.25) is 5.88 Å². The van der Waals surface area contributed by atoms with E-state index in [0.717, 1.165) is 5.69 Å². The molecule has 3 rings (SSSR count). The van der Waals surface area contributed by atoms with Gasteiger partial charge in [-0.1, -0.05) is 18.2 Å². The highest BCUT2D eigenvalue weighted by atomic mass is 32.2. The summed E-state index contributed by atoms with van der Waals surface area (Å²) in [5.74, 6) is 0.324. The van der Waals surface area contributed by atoms with Crippen LogP contribution in [0.5, 0.6) is 5.88 Å². The Labute approximate surface area is 133 Å². The first-order valence-electron chi connectivity index (χ1n) is 6.71. The van der Waals surface area contributed by atoms with Gasteiger partial charge in [0, 0.05) is 12.3 Å². The Balaban J connectivity index is 1.87. The van der Waals surface area contributed by atoms with Crippen LogP contribution in [0.1, 0.15) is 0 Å². The second kappa shape index (κ2) is 6.09. The van der Waals surface area contributed by atoms with E-state index in [1.54, 1.807) is 6.07 Å². The number of hydrogen-bond acceptors (Lipinski definition) is 5. The molecule has 1 aromatic carbocycles. The lowest BCUT2D eigenvalue weighted by Crippen LogP contribution is -2.12. The van der Waals surface area contributed by atoms with Crippen molar-refractivity contribution in [2.45, 2.75) is 4.90 Å². The van der Waals surface area contributed by atoms with Crippen LogP contribution in [-0.4, -0.2) is 30.3 Å². The second-order valence-electron chi connectivity index (χ2n) is 4.65. The zero-order valence-corrected chi connectivity index (χ0v) is 13.1. The number of benzene rings is 1. The van der Waals surface area contributed by atoms with Crippen molar-refractivity contribution in [2.75, 3.05) is 11.8 Å². The van der Waals surface area contributed by atoms with Crippen molar-refractivity contribution in [2.24, 2.45) is 0 Å². The summed E-state index contributed by atoms with van der Waals surface area (Å²) in [6.45, 7) is 0. The molecule has 0 aliphatic heterocycles. The number of sulfonamides is 1. The zero-order valence-electron chi connectivity index (χ0n) is 12.2. The Morgan fingerprint density at radius 2 is 1.96 bits per heavy atom. The molecule has 0 fully saturated rings. The molecule has 0 spiro atoms. The third kappa shape index (κ3) is 3.32. The number of rotatable bonds is 5. The molecule has 8 heteroatoms. The van der Waals surface area contributed by atoms with Crippen molar-refractivity contribution in [1.29, 1.82) is 0 Å². The highest BCUT2D eigenvalue weighted by molar-refractivity contribution is 7.92. The van der Waals surface area contributed by atoms with E-state index in [1.165, 1.54) is 36.4 Å². The minimum Gasteiger partial charge on any atom is -0.481 e. The number of aromatic nitrogens is 3. The van der Waals surface area contributed by atoms with Gasteiger partial charge in [-0.15, -0.1) is 0 Å². The molecule has 118 valence electrons. The molecule has 0 aliphatic carbocycles. The van der Waals surface area contributed by atoms with E-state index in [2.05, 4.69) is 14.8 Å². The van der Waals surface area contributed by atoms with Gasteiger partial charge in [-0.2, -0.15) is 5.10 Å². The third-order valence-corrected chi connectivity index (χ3v) is 4.42. The average Bonchev–Trinajstić information content (AvgIpc) is 3.06. The minimum absolute atomic E-state index is 0.0668. The van der Waals surface area contributed by atoms with Crippen LogP contribution in [0.15, 0.2) is 66.0 Å². The fraction of sp³-hybridized carbons (Fsp3) is 0.0667. The Morgan fingerprint density at radius 3 is 2.70 bits per heavy atom. The number of methoxy groups -OCH3 is 1. The number of nitrogens with one attached hydrogen (secondary N) is 1. The summed E-state index contributed by atoms with van der Waals surface area (Å²) >= 11 is 0. The van der Waals surface area contributed by atoms with Gasteiger partial charge in [-0.25, -0.2) is 18.1 Å². The van der Waals surface area contributed by atoms with Crippen LogP contribution >= 0.6 is 0 Å². The highest BCUT2D eigenvalue weighted by Gasteiger charge is 2.17. The lowest BCUT2D eigenvalue weighted by Gasteiger charge is -2.07. The summed E-state index contributed by atoms with van der Waals surface area (Å²) in [4.78, 5) is 4.00. The summed E-state index contributed by atoms with van der Waals surface area (Å²) in [5, 5.41) is 4.09. The molecule has 0 radical (unpaired) electrons. The molecule has 1 N–H and O–H groups in total. The van der Waals surface area contributed by atoms with Gasteiger partial charge in [0.1, 0.15) is 4.90 Å². The number of nitrogens with zero attached hydrogens (tertiary/aromatic N) is 3. The number of hydrogen-bond donors (Lipinski definition) is 1. The van der Waals surface area contributed by atoms with Crippen LogP contribution in [-0.2, 0) is 10.0 Å². The molecule has 7 nitrogen and oxygen atoms in total. The predicted octanol–water partition coefficient (Wildman–Crippen LogP) is 2.08. The lowest BCUT2D eigenvalue weighted by molar-refractivity contribution is 0.398. The van der Waals surface area contributed by atoms with Gasteiger partial charge in [0.15, 0.2) is 0 Å². The van der Waals surface area contributed by atoms with Crippen molar-refractivity contribution in [3.63, 3.8) is 0 Å². The van der Waals surface area contributed by atoms with Crippen molar-refractivity contribution >= 4 is 15.7 Å². The molecule has 2 heterocycles. The van der Waals surface area contributed by atoms with Gasteiger partial charge >= 0.3 is 0 Å². The molecule has 0 unspecified atom stereocenters. The molecule has 2 aromatic heterocycles. The fourth-order valence-electron chi connectivity index (χ4n) is 1.97. The summed E-state index contributed by atoms with van der Waals surface area (Å²) in [5.41, 5.74) is 1.14. The van der Waals surface area contributed by atoms with Crippen LogP contribution in [0.3, 0.4) is 0 Å². The molecule has 0 amide bonds. The largest absolute Gasteiger partial charge is 0.481 e. The Kier molecular flexibility index (Phi) is 3.98. The van der Waals surface area contributed by atoms with Gasteiger partial charge in [0.05, 0.1) is 30.9 Å². The normalized spacial score (nSPS) is 11.2. The van der Waals surface area contributed by atoms with E-state index in [1.807, 2.05) is 30.3 Å². The van der Waals surface area contributed by atoms with E-state index in [-0.39, 0.29) is 4.90 Å². The summed E-state index contributed by atoms with van der Waals surface area (Å²) in [6, 6.07) is 12.3. The number of para-hydroxylation sites is 1. The Morgan fingerprint density at radius 1 is 1.17 bits per heavy atom. The maximum Gasteiger partial charge on any atom is 0.265 e. The van der Waals surface area contributed by atoms with Crippen molar-refractivity contribution < 1.29 is 13.2 Å². The molecule has 0 atom stereocenters. The van der Waals surface area contributed by atoms with Crippen LogP contribution in [0, 0.1) is 0 Å². The number of pyridine rings is 1. The summed E-state index contributed by atoms with van der Waals surface area (Å²) in [7, 11) is -2.28. The number of anilines is 1. The molecule has 0 bridgehead atoms. The van der Waals surface area contributed by atoms with Gasteiger partial charge < -0.3 is 4.74 Å². The van der Waals surface area contributed by atoms with E-state index >= 15 is 0 Å². The first-order chi connectivity index (χ1) is 11.1.